The first-order valence-electron chi connectivity index (χ1n) is 15.9. The zero-order valence-electron chi connectivity index (χ0n) is 26.9. The molecule has 0 spiro atoms. The van der Waals surface area contributed by atoms with Gasteiger partial charge in [-0.1, -0.05) is 28.4 Å². The molecule has 3 atom stereocenters. The minimum atomic E-state index is -3.71. The molecule has 1 aliphatic carbocycles. The number of piperidine rings is 1. The van der Waals surface area contributed by atoms with Gasteiger partial charge < -0.3 is 20.5 Å². The van der Waals surface area contributed by atoms with E-state index in [1.807, 2.05) is 26.8 Å². The van der Waals surface area contributed by atoms with E-state index in [2.05, 4.69) is 25.3 Å². The fourth-order valence-electron chi connectivity index (χ4n) is 6.05. The maximum Gasteiger partial charge on any atom is 0.407 e. The summed E-state index contributed by atoms with van der Waals surface area (Å²) in [5, 5.41) is 12.1. The van der Waals surface area contributed by atoms with Crippen LogP contribution in [0.3, 0.4) is 0 Å². The molecule has 0 radical (unpaired) electrons. The van der Waals surface area contributed by atoms with Gasteiger partial charge in [0.25, 0.3) is 0 Å². The molecule has 5 rings (SSSR count). The number of rotatable bonds is 12. The Kier molecular flexibility index (Phi) is 11.4. The van der Waals surface area contributed by atoms with Crippen LogP contribution in [0.25, 0.3) is 0 Å². The molecule has 0 bridgehead atoms. The molecule has 1 aromatic heterocycles. The van der Waals surface area contributed by atoms with Gasteiger partial charge in [0.1, 0.15) is 17.5 Å². The monoisotopic (exact) mass is 707 g/mol. The Labute approximate surface area is 286 Å². The highest BCUT2D eigenvalue weighted by molar-refractivity contribution is 7.89. The Morgan fingerprint density at radius 2 is 1.91 bits per heavy atom. The molecule has 1 saturated heterocycles. The quantitative estimate of drug-likeness (QED) is 0.225. The van der Waals surface area contributed by atoms with E-state index in [0.717, 1.165) is 36.9 Å². The minimum Gasteiger partial charge on any atom is -0.484 e. The lowest BCUT2D eigenvalue weighted by Gasteiger charge is -2.39. The van der Waals surface area contributed by atoms with Crippen LogP contribution < -0.4 is 20.5 Å². The molecule has 47 heavy (non-hydrogen) atoms. The predicted molar refractivity (Wildman–Crippen MR) is 180 cm³/mol. The summed E-state index contributed by atoms with van der Waals surface area (Å²) in [6.07, 6.45) is 4.70. The number of alkyl carbamates (subject to hydrolysis) is 1. The van der Waals surface area contributed by atoms with Gasteiger partial charge in [0.15, 0.2) is 0 Å². The molecule has 2 heterocycles. The topological polar surface area (TPSA) is 154 Å². The summed E-state index contributed by atoms with van der Waals surface area (Å²) in [7, 11) is -3.71. The number of unbranched alkanes of at least 4 members (excludes halogenated alkanes) is 1. The Bertz CT molecular complexity index is 1650. The Balaban J connectivity index is 1.23. The van der Waals surface area contributed by atoms with Crippen LogP contribution in [-0.4, -0.2) is 71.7 Å². The van der Waals surface area contributed by atoms with Crippen molar-refractivity contribution in [3.8, 4) is 5.75 Å². The first-order chi connectivity index (χ1) is 22.3. The van der Waals surface area contributed by atoms with Crippen molar-refractivity contribution < 1.29 is 22.7 Å². The van der Waals surface area contributed by atoms with Crippen molar-refractivity contribution in [3.63, 3.8) is 0 Å². The van der Waals surface area contributed by atoms with Gasteiger partial charge in [-0.3, -0.25) is 9.58 Å². The Morgan fingerprint density at radius 3 is 2.62 bits per heavy atom. The van der Waals surface area contributed by atoms with Crippen molar-refractivity contribution >= 4 is 39.3 Å². The van der Waals surface area contributed by atoms with Crippen LogP contribution in [0.4, 0.5) is 4.79 Å². The molecular weight excluding hydrogens is 665 g/mol. The molecular formula is C32H43Cl2N7O5S. The highest BCUT2D eigenvalue weighted by atomic mass is 35.5. The van der Waals surface area contributed by atoms with Gasteiger partial charge in [-0.2, -0.15) is 0 Å². The third-order valence-electron chi connectivity index (χ3n) is 8.21. The van der Waals surface area contributed by atoms with Crippen LogP contribution in [0.5, 0.6) is 5.75 Å². The second kappa shape index (κ2) is 15.1. The number of nitrogens with two attached hydrogens (primary N) is 1. The van der Waals surface area contributed by atoms with E-state index in [1.165, 1.54) is 0 Å². The molecule has 15 heteroatoms. The lowest BCUT2D eigenvalue weighted by atomic mass is 10.0. The van der Waals surface area contributed by atoms with Crippen LogP contribution in [0, 0.1) is 0 Å². The normalized spacial score (nSPS) is 20.2. The van der Waals surface area contributed by atoms with E-state index in [-0.39, 0.29) is 17.0 Å². The highest BCUT2D eigenvalue weighted by Gasteiger charge is 2.41. The number of hydrogen-bond acceptors (Lipinski definition) is 9. The number of ether oxygens (including phenoxy) is 2. The third kappa shape index (κ3) is 9.36. The molecule has 2 aromatic carbocycles. The fourth-order valence-corrected chi connectivity index (χ4v) is 7.71. The molecule has 3 aromatic rings. The standard InChI is InChI=1S/C32H43Cl2N7O5S/c1-32(2,3)46-31(42)37-22-7-6-13-40(19-22)29-17-26-27(15-21(33)16-28(26)34)30(29)45-24-8-10-25(11-9-24)47(43,44)36-12-4-5-14-41-20-23(18-35)38-39-41/h8-11,15-16,20,22,29-30,36H,4-7,12-14,17-19,35H2,1-3H3,(H,37,42)/t22-,29-,30-/m1/s1. The minimum absolute atomic E-state index is 0.0753. The van der Waals surface area contributed by atoms with Crippen LogP contribution >= 0.6 is 23.2 Å². The molecule has 256 valence electrons. The number of nitrogens with one attached hydrogen (secondary N) is 2. The number of likely N-dealkylation sites (tertiary alicyclic amines) is 1. The van der Waals surface area contributed by atoms with Gasteiger partial charge in [0.05, 0.1) is 16.6 Å². The molecule has 2 aliphatic rings. The Morgan fingerprint density at radius 1 is 1.15 bits per heavy atom. The summed E-state index contributed by atoms with van der Waals surface area (Å²) in [5.74, 6) is 0.521. The summed E-state index contributed by atoms with van der Waals surface area (Å²) in [6.45, 7) is 8.22. The number of aromatic nitrogens is 3. The van der Waals surface area contributed by atoms with E-state index in [1.54, 1.807) is 41.2 Å². The van der Waals surface area contributed by atoms with Crippen molar-refractivity contribution in [2.45, 2.75) is 94.6 Å². The van der Waals surface area contributed by atoms with Crippen LogP contribution in [0.2, 0.25) is 10.0 Å². The van der Waals surface area contributed by atoms with E-state index in [4.69, 9.17) is 38.4 Å². The lowest BCUT2D eigenvalue weighted by molar-refractivity contribution is 0.0362. The SMILES string of the molecule is CC(C)(C)OC(=O)N[C@@H]1CCCN([C@@H]2Cc3c(Cl)cc(Cl)cc3[C@H]2Oc2ccc(S(=O)(=O)NCCCCn3cc(CN)nn3)cc2)C1. The molecule has 0 unspecified atom stereocenters. The second-order valence-corrected chi connectivity index (χ2v) is 15.6. The molecule has 1 amide bonds. The summed E-state index contributed by atoms with van der Waals surface area (Å²) >= 11 is 13.1. The fraction of sp³-hybridized carbons (Fsp3) is 0.531. The number of sulfonamides is 1. The van der Waals surface area contributed by atoms with Gasteiger partial charge >= 0.3 is 6.09 Å². The number of carbonyl (C=O) groups excluding carboxylic acids is 1. The lowest BCUT2D eigenvalue weighted by Crippen LogP contribution is -2.53. The second-order valence-electron chi connectivity index (χ2n) is 13.0. The van der Waals surface area contributed by atoms with Gasteiger partial charge in [-0.25, -0.2) is 17.9 Å². The van der Waals surface area contributed by atoms with Gasteiger partial charge in [0.2, 0.25) is 10.0 Å². The van der Waals surface area contributed by atoms with Crippen molar-refractivity contribution in [2.75, 3.05) is 19.6 Å². The van der Waals surface area contributed by atoms with Crippen molar-refractivity contribution in [1.29, 1.82) is 0 Å². The van der Waals surface area contributed by atoms with Gasteiger partial charge in [-0.15, -0.1) is 5.10 Å². The maximum absolute atomic E-state index is 13.0. The predicted octanol–water partition coefficient (Wildman–Crippen LogP) is 4.84. The molecule has 0 saturated carbocycles. The number of aryl methyl sites for hydroxylation is 1. The average molecular weight is 709 g/mol. The van der Waals surface area contributed by atoms with Crippen LogP contribution in [0.15, 0.2) is 47.5 Å². The Hall–Kier alpha value is -2.94. The zero-order valence-corrected chi connectivity index (χ0v) is 29.2. The smallest absolute Gasteiger partial charge is 0.407 e. The number of halogens is 2. The van der Waals surface area contributed by atoms with Crippen LogP contribution in [-0.2, 0) is 34.3 Å². The molecule has 1 aliphatic heterocycles. The number of carbonyl (C=O) groups is 1. The first-order valence-corrected chi connectivity index (χ1v) is 18.1. The summed E-state index contributed by atoms with van der Waals surface area (Å²) < 4.78 is 42.4. The molecule has 12 nitrogen and oxygen atoms in total. The van der Waals surface area contributed by atoms with Gasteiger partial charge in [-0.05, 0) is 101 Å². The summed E-state index contributed by atoms with van der Waals surface area (Å²) in [6, 6.07) is 9.88. The summed E-state index contributed by atoms with van der Waals surface area (Å²) in [4.78, 5) is 15.0. The van der Waals surface area contributed by atoms with Crippen molar-refractivity contribution in [1.82, 2.24) is 29.9 Å². The first kappa shape index (κ1) is 35.4. The number of benzene rings is 2. The third-order valence-corrected chi connectivity index (χ3v) is 10.2. The van der Waals surface area contributed by atoms with Crippen molar-refractivity contribution in [3.05, 3.63) is 69.5 Å². The number of nitrogens with zero attached hydrogens (tertiary/aromatic N) is 4. The number of amides is 1. The van der Waals surface area contributed by atoms with Crippen molar-refractivity contribution in [2.24, 2.45) is 5.73 Å². The average Bonchev–Trinajstić information content (AvgIpc) is 3.61. The van der Waals surface area contributed by atoms with E-state index in [9.17, 15) is 13.2 Å². The van der Waals surface area contributed by atoms with E-state index >= 15 is 0 Å². The molecule has 1 fully saturated rings. The van der Waals surface area contributed by atoms with Gasteiger partial charge in [0, 0.05) is 54.0 Å². The molecule has 4 N–H and O–H groups in total. The number of fused-ring (bicyclic) bond motifs is 1. The maximum atomic E-state index is 13.0. The highest BCUT2D eigenvalue weighted by Crippen LogP contribution is 2.43. The van der Waals surface area contributed by atoms with E-state index < -0.39 is 27.8 Å². The zero-order chi connectivity index (χ0) is 33.8. The largest absolute Gasteiger partial charge is 0.484 e. The summed E-state index contributed by atoms with van der Waals surface area (Å²) in [5.41, 5.74) is 7.57. The number of hydrogen-bond donors (Lipinski definition) is 3. The van der Waals surface area contributed by atoms with Crippen LogP contribution in [0.1, 0.15) is 69.4 Å². The van der Waals surface area contributed by atoms with E-state index in [0.29, 0.717) is 60.5 Å².